The number of aryl methyl sites for hydroxylation is 1. The standard InChI is InChI=1S/C21H23Cl3FN3O7/c1-5-10-7-27(20-14(25)15(29)8(2)35-20)21(32)28(19(10)31)26-18(30)9(3)34-17-12(23)6-11(22)16(33-4)13(17)24/h6-9,14-15,20,29H,5H2,1-4H3,(H,26,30)/t8-,9?,14+,15-,20-/m1/s1. The van der Waals surface area contributed by atoms with Crippen molar-refractivity contribution in [1.82, 2.24) is 9.24 Å². The molecule has 10 nitrogen and oxygen atoms in total. The first kappa shape index (κ1) is 27.3. The van der Waals surface area contributed by atoms with Gasteiger partial charge in [0.15, 0.2) is 30.0 Å². The van der Waals surface area contributed by atoms with E-state index in [0.717, 1.165) is 10.8 Å². The highest BCUT2D eigenvalue weighted by atomic mass is 35.5. The zero-order chi connectivity index (χ0) is 26.2. The van der Waals surface area contributed by atoms with Crippen LogP contribution in [0.3, 0.4) is 0 Å². The molecule has 3 rings (SSSR count). The summed E-state index contributed by atoms with van der Waals surface area (Å²) in [6, 6.07) is 1.31. The number of rotatable bonds is 7. The molecule has 1 amide bonds. The maximum absolute atomic E-state index is 14.6. The highest BCUT2D eigenvalue weighted by molar-refractivity contribution is 6.42. The van der Waals surface area contributed by atoms with Crippen LogP contribution < -0.4 is 26.1 Å². The van der Waals surface area contributed by atoms with Crippen LogP contribution in [0.1, 0.15) is 32.6 Å². The van der Waals surface area contributed by atoms with E-state index in [2.05, 4.69) is 5.43 Å². The Bertz CT molecular complexity index is 1250. The number of carbonyl (C=O) groups is 1. The van der Waals surface area contributed by atoms with Crippen LogP contribution in [0.25, 0.3) is 0 Å². The number of hydrogen-bond acceptors (Lipinski definition) is 7. The Morgan fingerprint density at radius 3 is 2.46 bits per heavy atom. The van der Waals surface area contributed by atoms with Gasteiger partial charge in [0.1, 0.15) is 11.1 Å². The summed E-state index contributed by atoms with van der Waals surface area (Å²) in [5.74, 6) is -0.946. The molecule has 2 N–H and O–H groups in total. The number of ether oxygens (including phenoxy) is 3. The number of nitrogens with zero attached hydrogens (tertiary/aromatic N) is 2. The fourth-order valence-electron chi connectivity index (χ4n) is 3.45. The number of methoxy groups -OCH3 is 1. The van der Waals surface area contributed by atoms with Gasteiger partial charge in [-0.15, -0.1) is 0 Å². The van der Waals surface area contributed by atoms with Crippen molar-refractivity contribution in [2.75, 3.05) is 12.5 Å². The SMILES string of the molecule is CCc1cn([C@@H]2O[C@H](C)[C@@H](O)[C@@H]2F)c(=O)n(NC(=O)C(C)Oc2c(Cl)cc(Cl)c(OC)c2Cl)c1=O. The van der Waals surface area contributed by atoms with E-state index in [0.29, 0.717) is 4.68 Å². The lowest BCUT2D eigenvalue weighted by Crippen LogP contribution is -2.51. The lowest BCUT2D eigenvalue weighted by molar-refractivity contribution is -0.123. The zero-order valence-electron chi connectivity index (χ0n) is 19.1. The lowest BCUT2D eigenvalue weighted by atomic mass is 10.1. The summed E-state index contributed by atoms with van der Waals surface area (Å²) in [4.78, 5) is 38.6. The molecule has 1 aliphatic heterocycles. The van der Waals surface area contributed by atoms with Crippen molar-refractivity contribution in [1.29, 1.82) is 0 Å². The second-order valence-electron chi connectivity index (χ2n) is 7.76. The molecule has 35 heavy (non-hydrogen) atoms. The molecular formula is C21H23Cl3FN3O7. The van der Waals surface area contributed by atoms with Gasteiger partial charge in [0, 0.05) is 11.8 Å². The normalized spacial score (nSPS) is 22.7. The summed E-state index contributed by atoms with van der Waals surface area (Å²) in [7, 11) is 1.33. The number of aliphatic hydroxyl groups is 1. The highest BCUT2D eigenvalue weighted by Gasteiger charge is 2.43. The van der Waals surface area contributed by atoms with Crippen molar-refractivity contribution in [3.8, 4) is 11.5 Å². The molecule has 0 saturated carbocycles. The van der Waals surface area contributed by atoms with Crippen LogP contribution >= 0.6 is 34.8 Å². The summed E-state index contributed by atoms with van der Waals surface area (Å²) in [6.07, 6.45) is -5.77. The van der Waals surface area contributed by atoms with Gasteiger partial charge in [-0.2, -0.15) is 4.68 Å². The van der Waals surface area contributed by atoms with Gasteiger partial charge >= 0.3 is 5.69 Å². The molecule has 1 saturated heterocycles. The molecule has 1 aromatic carbocycles. The average Bonchev–Trinajstić information content (AvgIpc) is 3.06. The topological polar surface area (TPSA) is 121 Å². The number of nitrogens with one attached hydrogen (secondary N) is 1. The first-order valence-corrected chi connectivity index (χ1v) is 11.6. The number of aliphatic hydroxyl groups excluding tert-OH is 1. The largest absolute Gasteiger partial charge is 0.493 e. The first-order chi connectivity index (χ1) is 16.4. The minimum absolute atomic E-state index is 0.00648. The lowest BCUT2D eigenvalue weighted by Gasteiger charge is -2.21. The Morgan fingerprint density at radius 1 is 1.29 bits per heavy atom. The van der Waals surface area contributed by atoms with Crippen LogP contribution in [0.2, 0.25) is 15.1 Å². The Morgan fingerprint density at radius 2 is 1.91 bits per heavy atom. The van der Waals surface area contributed by atoms with Crippen molar-refractivity contribution in [3.63, 3.8) is 0 Å². The monoisotopic (exact) mass is 553 g/mol. The Labute approximate surface area is 214 Å². The first-order valence-electron chi connectivity index (χ1n) is 10.5. The molecule has 14 heteroatoms. The van der Waals surface area contributed by atoms with Crippen molar-refractivity contribution in [3.05, 3.63) is 53.7 Å². The molecule has 1 unspecified atom stereocenters. The number of benzene rings is 1. The quantitative estimate of drug-likeness (QED) is 0.540. The molecule has 5 atom stereocenters. The van der Waals surface area contributed by atoms with Crippen molar-refractivity contribution in [2.24, 2.45) is 0 Å². The molecule has 192 valence electrons. The van der Waals surface area contributed by atoms with Gasteiger partial charge in [-0.25, -0.2) is 9.18 Å². The third kappa shape index (κ3) is 5.14. The third-order valence-electron chi connectivity index (χ3n) is 5.45. The molecule has 2 heterocycles. The summed E-state index contributed by atoms with van der Waals surface area (Å²) in [6.45, 7) is 4.41. The molecule has 1 aliphatic rings. The molecule has 0 spiro atoms. The molecule has 0 radical (unpaired) electrons. The van der Waals surface area contributed by atoms with Gasteiger partial charge < -0.3 is 19.3 Å². The number of carbonyl (C=O) groups excluding carboxylic acids is 1. The average molecular weight is 555 g/mol. The van der Waals surface area contributed by atoms with Gasteiger partial charge in [0.05, 0.1) is 23.3 Å². The van der Waals surface area contributed by atoms with Crippen molar-refractivity contribution >= 4 is 40.7 Å². The predicted octanol–water partition coefficient (Wildman–Crippen LogP) is 2.70. The van der Waals surface area contributed by atoms with E-state index >= 15 is 0 Å². The molecular weight excluding hydrogens is 532 g/mol. The van der Waals surface area contributed by atoms with E-state index in [4.69, 9.17) is 49.0 Å². The molecule has 0 aliphatic carbocycles. The number of hydrogen-bond donors (Lipinski definition) is 2. The zero-order valence-corrected chi connectivity index (χ0v) is 21.3. The fourth-order valence-corrected chi connectivity index (χ4v) is 4.46. The van der Waals surface area contributed by atoms with E-state index in [9.17, 15) is 23.9 Å². The van der Waals surface area contributed by atoms with E-state index in [1.807, 2.05) is 0 Å². The summed E-state index contributed by atoms with van der Waals surface area (Å²) in [5, 5.41) is 9.92. The van der Waals surface area contributed by atoms with E-state index in [1.165, 1.54) is 27.0 Å². The van der Waals surface area contributed by atoms with Crippen molar-refractivity contribution in [2.45, 2.75) is 57.9 Å². The highest BCUT2D eigenvalue weighted by Crippen LogP contribution is 2.44. The van der Waals surface area contributed by atoms with Crippen LogP contribution in [-0.4, -0.2) is 51.9 Å². The Balaban J connectivity index is 1.94. The fraction of sp³-hybridized carbons (Fsp3) is 0.476. The summed E-state index contributed by atoms with van der Waals surface area (Å²) >= 11 is 18.4. The number of aromatic nitrogens is 2. The second kappa shape index (κ2) is 10.8. The van der Waals surface area contributed by atoms with Crippen LogP contribution in [0.15, 0.2) is 21.9 Å². The van der Waals surface area contributed by atoms with Crippen LogP contribution in [0.4, 0.5) is 4.39 Å². The molecule has 1 fully saturated rings. The second-order valence-corrected chi connectivity index (χ2v) is 8.95. The Kier molecular flexibility index (Phi) is 8.38. The van der Waals surface area contributed by atoms with Gasteiger partial charge in [-0.3, -0.25) is 19.6 Å². The summed E-state index contributed by atoms with van der Waals surface area (Å²) < 4.78 is 31.9. The predicted molar refractivity (Wildman–Crippen MR) is 127 cm³/mol. The van der Waals surface area contributed by atoms with Crippen LogP contribution in [-0.2, 0) is 16.0 Å². The van der Waals surface area contributed by atoms with E-state index in [-0.39, 0.29) is 38.6 Å². The molecule has 0 bridgehead atoms. The number of amides is 1. The Hall–Kier alpha value is -2.31. The minimum atomic E-state index is -1.93. The molecule has 2 aromatic rings. The third-order valence-corrected chi connectivity index (χ3v) is 6.35. The number of alkyl halides is 1. The smallest absolute Gasteiger partial charge is 0.352 e. The van der Waals surface area contributed by atoms with Crippen molar-refractivity contribution < 1.29 is 28.5 Å². The van der Waals surface area contributed by atoms with Gasteiger partial charge in [-0.05, 0) is 26.3 Å². The van der Waals surface area contributed by atoms with Gasteiger partial charge in [0.25, 0.3) is 11.5 Å². The maximum Gasteiger partial charge on any atom is 0.352 e. The maximum atomic E-state index is 14.6. The van der Waals surface area contributed by atoms with E-state index in [1.54, 1.807) is 6.92 Å². The number of halogens is 4. The van der Waals surface area contributed by atoms with E-state index < -0.39 is 47.9 Å². The van der Waals surface area contributed by atoms with Crippen LogP contribution in [0, 0.1) is 0 Å². The minimum Gasteiger partial charge on any atom is -0.493 e. The van der Waals surface area contributed by atoms with Crippen LogP contribution in [0.5, 0.6) is 11.5 Å². The van der Waals surface area contributed by atoms with Gasteiger partial charge in [0.2, 0.25) is 0 Å². The summed E-state index contributed by atoms with van der Waals surface area (Å²) in [5.41, 5.74) is 0.374. The molecule has 1 aromatic heterocycles. The van der Waals surface area contributed by atoms with Gasteiger partial charge in [-0.1, -0.05) is 41.7 Å².